The number of carboxylic acid groups (broad SMARTS) is 1. The fraction of sp³-hybridized carbons (Fsp3) is 0.333. The fourth-order valence-corrected chi connectivity index (χ4v) is 1.36. The number of carboxylic acids is 1. The van der Waals surface area contributed by atoms with Crippen LogP contribution in [0.2, 0.25) is 0 Å². The molecule has 8 nitrogen and oxygen atoms in total. The van der Waals surface area contributed by atoms with Crippen LogP contribution in [0.15, 0.2) is 18.2 Å². The Kier molecular flexibility index (Phi) is 5.01. The minimum atomic E-state index is -1.39. The largest absolute Gasteiger partial charge is 0.481 e. The SMILES string of the molecule is CC(C)OC(=O)COc1ccc([N+](=O)[O-])cc1C(=O)O. The van der Waals surface area contributed by atoms with E-state index in [4.69, 9.17) is 14.6 Å². The van der Waals surface area contributed by atoms with Crippen molar-refractivity contribution in [1.82, 2.24) is 0 Å². The zero-order valence-corrected chi connectivity index (χ0v) is 10.9. The number of ether oxygens (including phenoxy) is 2. The summed E-state index contributed by atoms with van der Waals surface area (Å²) in [6.07, 6.45) is -0.318. The Morgan fingerprint density at radius 3 is 2.55 bits per heavy atom. The van der Waals surface area contributed by atoms with Gasteiger partial charge in [-0.3, -0.25) is 10.1 Å². The summed E-state index contributed by atoms with van der Waals surface area (Å²) in [5, 5.41) is 19.5. The zero-order chi connectivity index (χ0) is 15.3. The van der Waals surface area contributed by atoms with Gasteiger partial charge in [0.1, 0.15) is 11.3 Å². The number of carbonyl (C=O) groups is 2. The average molecular weight is 283 g/mol. The van der Waals surface area contributed by atoms with Crippen molar-refractivity contribution >= 4 is 17.6 Å². The van der Waals surface area contributed by atoms with Gasteiger partial charge in [-0.1, -0.05) is 0 Å². The van der Waals surface area contributed by atoms with Crippen molar-refractivity contribution in [2.45, 2.75) is 20.0 Å². The lowest BCUT2D eigenvalue weighted by molar-refractivity contribution is -0.384. The topological polar surface area (TPSA) is 116 Å². The van der Waals surface area contributed by atoms with Gasteiger partial charge in [0.25, 0.3) is 5.69 Å². The molecule has 0 heterocycles. The van der Waals surface area contributed by atoms with Crippen molar-refractivity contribution in [3.8, 4) is 5.75 Å². The first-order chi connectivity index (χ1) is 9.31. The molecular formula is C12H13NO7. The van der Waals surface area contributed by atoms with Crippen LogP contribution in [0, 0.1) is 10.1 Å². The van der Waals surface area contributed by atoms with E-state index >= 15 is 0 Å². The normalized spacial score (nSPS) is 10.2. The molecule has 8 heteroatoms. The number of nitro benzene ring substituents is 1. The van der Waals surface area contributed by atoms with Crippen LogP contribution >= 0.6 is 0 Å². The summed E-state index contributed by atoms with van der Waals surface area (Å²) >= 11 is 0. The Morgan fingerprint density at radius 1 is 1.40 bits per heavy atom. The number of carbonyl (C=O) groups excluding carboxylic acids is 1. The van der Waals surface area contributed by atoms with E-state index in [1.807, 2.05) is 0 Å². The first-order valence-electron chi connectivity index (χ1n) is 5.65. The predicted octanol–water partition coefficient (Wildman–Crippen LogP) is 1.62. The molecule has 0 bridgehead atoms. The van der Waals surface area contributed by atoms with Gasteiger partial charge in [0, 0.05) is 12.1 Å². The number of aromatic carboxylic acids is 1. The van der Waals surface area contributed by atoms with Gasteiger partial charge < -0.3 is 14.6 Å². The van der Waals surface area contributed by atoms with Gasteiger partial charge in [-0.15, -0.1) is 0 Å². The second kappa shape index (κ2) is 6.50. The van der Waals surface area contributed by atoms with Crippen molar-refractivity contribution in [2.75, 3.05) is 6.61 Å². The minimum absolute atomic E-state index is 0.135. The maximum atomic E-state index is 11.3. The molecule has 0 spiro atoms. The quantitative estimate of drug-likeness (QED) is 0.479. The van der Waals surface area contributed by atoms with E-state index in [2.05, 4.69) is 0 Å². The second-order valence-electron chi connectivity index (χ2n) is 4.07. The second-order valence-corrected chi connectivity index (χ2v) is 4.07. The number of non-ortho nitro benzene ring substituents is 1. The van der Waals surface area contributed by atoms with E-state index in [0.29, 0.717) is 0 Å². The highest BCUT2D eigenvalue weighted by atomic mass is 16.6. The van der Waals surface area contributed by atoms with Crippen LogP contribution in [-0.2, 0) is 9.53 Å². The summed E-state index contributed by atoms with van der Waals surface area (Å²) in [6.45, 7) is 2.84. The minimum Gasteiger partial charge on any atom is -0.481 e. The van der Waals surface area contributed by atoms with Gasteiger partial charge in [-0.25, -0.2) is 9.59 Å². The van der Waals surface area contributed by atoms with Gasteiger partial charge in [-0.05, 0) is 19.9 Å². The maximum Gasteiger partial charge on any atom is 0.344 e. The van der Waals surface area contributed by atoms with Crippen molar-refractivity contribution in [3.05, 3.63) is 33.9 Å². The number of hydrogen-bond donors (Lipinski definition) is 1. The molecule has 108 valence electrons. The highest BCUT2D eigenvalue weighted by Crippen LogP contribution is 2.24. The van der Waals surface area contributed by atoms with Crippen molar-refractivity contribution < 1.29 is 29.1 Å². The molecule has 0 saturated carbocycles. The number of nitrogens with zero attached hydrogens (tertiary/aromatic N) is 1. The van der Waals surface area contributed by atoms with E-state index in [1.54, 1.807) is 13.8 Å². The summed E-state index contributed by atoms with van der Waals surface area (Å²) in [5.41, 5.74) is -0.768. The maximum absolute atomic E-state index is 11.3. The fourth-order valence-electron chi connectivity index (χ4n) is 1.36. The molecule has 0 atom stereocenters. The summed E-state index contributed by atoms with van der Waals surface area (Å²) in [6, 6.07) is 3.09. The summed E-state index contributed by atoms with van der Waals surface area (Å²) in [4.78, 5) is 32.1. The smallest absolute Gasteiger partial charge is 0.344 e. The van der Waals surface area contributed by atoms with Crippen LogP contribution < -0.4 is 4.74 Å². The molecule has 0 aliphatic heterocycles. The molecule has 0 aliphatic rings. The zero-order valence-electron chi connectivity index (χ0n) is 10.9. The van der Waals surface area contributed by atoms with E-state index in [1.165, 1.54) is 0 Å². The molecule has 1 rings (SSSR count). The standard InChI is InChI=1S/C12H13NO7/c1-7(2)20-11(14)6-19-10-4-3-8(13(17)18)5-9(10)12(15)16/h3-5,7H,6H2,1-2H3,(H,15,16). The molecule has 20 heavy (non-hydrogen) atoms. The summed E-state index contributed by atoms with van der Waals surface area (Å²) < 4.78 is 9.83. The number of esters is 1. The van der Waals surface area contributed by atoms with Crippen LogP contribution in [0.1, 0.15) is 24.2 Å². The molecule has 0 fully saturated rings. The molecule has 0 radical (unpaired) electrons. The Balaban J connectivity index is 2.87. The lowest BCUT2D eigenvalue weighted by Gasteiger charge is -2.10. The number of benzene rings is 1. The molecule has 1 aromatic carbocycles. The first-order valence-corrected chi connectivity index (χ1v) is 5.65. The molecule has 0 aromatic heterocycles. The van der Waals surface area contributed by atoms with Gasteiger partial charge in [-0.2, -0.15) is 0 Å². The highest BCUT2D eigenvalue weighted by Gasteiger charge is 2.18. The molecule has 1 N–H and O–H groups in total. The Labute approximate surface area is 114 Å². The van der Waals surface area contributed by atoms with Crippen molar-refractivity contribution in [3.63, 3.8) is 0 Å². The number of hydrogen-bond acceptors (Lipinski definition) is 6. The van der Waals surface area contributed by atoms with Gasteiger partial charge in [0.15, 0.2) is 6.61 Å². The molecule has 1 aromatic rings. The van der Waals surface area contributed by atoms with Gasteiger partial charge in [0.05, 0.1) is 11.0 Å². The van der Waals surface area contributed by atoms with Crippen LogP contribution in [0.25, 0.3) is 0 Å². The van der Waals surface area contributed by atoms with E-state index < -0.39 is 29.0 Å². The molecule has 0 saturated heterocycles. The van der Waals surface area contributed by atoms with Crippen LogP contribution in [0.5, 0.6) is 5.75 Å². The Hall–Kier alpha value is -2.64. The van der Waals surface area contributed by atoms with Crippen molar-refractivity contribution in [2.24, 2.45) is 0 Å². The lowest BCUT2D eigenvalue weighted by Crippen LogP contribution is -2.19. The van der Waals surface area contributed by atoms with E-state index in [-0.39, 0.29) is 17.5 Å². The highest BCUT2D eigenvalue weighted by molar-refractivity contribution is 5.91. The molecular weight excluding hydrogens is 270 g/mol. The number of nitro groups is 1. The lowest BCUT2D eigenvalue weighted by atomic mass is 10.2. The molecule has 0 amide bonds. The number of rotatable bonds is 6. The van der Waals surface area contributed by atoms with Gasteiger partial charge >= 0.3 is 11.9 Å². The van der Waals surface area contributed by atoms with E-state index in [0.717, 1.165) is 18.2 Å². The Bertz CT molecular complexity index is 539. The molecule has 0 aliphatic carbocycles. The molecule has 0 unspecified atom stereocenters. The van der Waals surface area contributed by atoms with Gasteiger partial charge in [0.2, 0.25) is 0 Å². The monoisotopic (exact) mass is 283 g/mol. The van der Waals surface area contributed by atoms with Crippen molar-refractivity contribution in [1.29, 1.82) is 0 Å². The third kappa shape index (κ3) is 4.23. The van der Waals surface area contributed by atoms with Crippen LogP contribution in [0.4, 0.5) is 5.69 Å². The third-order valence-electron chi connectivity index (χ3n) is 2.12. The first kappa shape index (κ1) is 15.4. The van der Waals surface area contributed by atoms with Crippen LogP contribution in [0.3, 0.4) is 0 Å². The predicted molar refractivity (Wildman–Crippen MR) is 66.8 cm³/mol. The average Bonchev–Trinajstić information content (AvgIpc) is 2.35. The summed E-state index contributed by atoms with van der Waals surface area (Å²) in [7, 11) is 0. The third-order valence-corrected chi connectivity index (χ3v) is 2.12. The summed E-state index contributed by atoms with van der Waals surface area (Å²) in [5.74, 6) is -2.18. The Morgan fingerprint density at radius 2 is 2.05 bits per heavy atom. The van der Waals surface area contributed by atoms with E-state index in [9.17, 15) is 19.7 Å². The van der Waals surface area contributed by atoms with Crippen LogP contribution in [-0.4, -0.2) is 34.7 Å².